The van der Waals surface area contributed by atoms with E-state index in [4.69, 9.17) is 4.74 Å². The van der Waals surface area contributed by atoms with Crippen molar-refractivity contribution in [1.82, 2.24) is 10.2 Å². The van der Waals surface area contributed by atoms with Crippen molar-refractivity contribution >= 4 is 0 Å². The molecule has 0 amide bonds. The normalized spacial score (nSPS) is 26.9. The molecule has 0 aromatic carbocycles. The van der Waals surface area contributed by atoms with E-state index in [1.54, 1.807) is 0 Å². The van der Waals surface area contributed by atoms with Gasteiger partial charge in [-0.1, -0.05) is 13.5 Å². The largest absolute Gasteiger partial charge is 0.377 e. The first-order chi connectivity index (χ1) is 7.59. The van der Waals surface area contributed by atoms with E-state index >= 15 is 0 Å². The summed E-state index contributed by atoms with van der Waals surface area (Å²) in [7, 11) is 1.82. The Hall–Kier alpha value is -0.380. The highest BCUT2D eigenvalue weighted by atomic mass is 16.5. The van der Waals surface area contributed by atoms with Crippen molar-refractivity contribution < 1.29 is 4.74 Å². The van der Waals surface area contributed by atoms with E-state index in [2.05, 4.69) is 30.6 Å². The van der Waals surface area contributed by atoms with Crippen LogP contribution < -0.4 is 5.32 Å². The number of likely N-dealkylation sites (N-methyl/N-ethyl adjacent to an activating group) is 1. The predicted molar refractivity (Wildman–Crippen MR) is 68.8 cm³/mol. The molecule has 0 radical (unpaired) electrons. The highest BCUT2D eigenvalue weighted by molar-refractivity contribution is 5.01. The fraction of sp³-hybridized carbons (Fsp3) is 0.846. The number of hydrogen-bond acceptors (Lipinski definition) is 3. The first-order valence-electron chi connectivity index (χ1n) is 6.24. The van der Waals surface area contributed by atoms with Crippen LogP contribution in [0.4, 0.5) is 0 Å². The van der Waals surface area contributed by atoms with Crippen LogP contribution in [0.5, 0.6) is 0 Å². The SMILES string of the molecule is C=C(CNCC)CN1CCCC(C)(OC)C1. The second-order valence-electron chi connectivity index (χ2n) is 5.00. The summed E-state index contributed by atoms with van der Waals surface area (Å²) in [5.74, 6) is 0. The molecule has 0 spiro atoms. The zero-order valence-electron chi connectivity index (χ0n) is 11.0. The van der Waals surface area contributed by atoms with Crippen molar-refractivity contribution in [2.24, 2.45) is 0 Å². The molecular formula is C13H26N2O. The highest BCUT2D eigenvalue weighted by Crippen LogP contribution is 2.23. The molecule has 94 valence electrons. The van der Waals surface area contributed by atoms with Gasteiger partial charge in [0, 0.05) is 26.7 Å². The van der Waals surface area contributed by atoms with Gasteiger partial charge in [-0.3, -0.25) is 4.90 Å². The summed E-state index contributed by atoms with van der Waals surface area (Å²) in [4.78, 5) is 2.45. The van der Waals surface area contributed by atoms with Crippen molar-refractivity contribution in [2.45, 2.75) is 32.3 Å². The Kier molecular flexibility index (Phi) is 5.46. The summed E-state index contributed by atoms with van der Waals surface area (Å²) >= 11 is 0. The fourth-order valence-electron chi connectivity index (χ4n) is 2.28. The van der Waals surface area contributed by atoms with E-state index in [9.17, 15) is 0 Å². The Bertz CT molecular complexity index is 230. The van der Waals surface area contributed by atoms with Gasteiger partial charge in [0.15, 0.2) is 0 Å². The van der Waals surface area contributed by atoms with E-state index in [0.29, 0.717) is 0 Å². The van der Waals surface area contributed by atoms with Gasteiger partial charge in [0.1, 0.15) is 0 Å². The van der Waals surface area contributed by atoms with Crippen LogP contribution in [0.3, 0.4) is 0 Å². The third-order valence-corrected chi connectivity index (χ3v) is 3.30. The molecule has 1 rings (SSSR count). The lowest BCUT2D eigenvalue weighted by Crippen LogP contribution is -2.48. The summed E-state index contributed by atoms with van der Waals surface area (Å²) in [6.07, 6.45) is 2.39. The van der Waals surface area contributed by atoms with Crippen molar-refractivity contribution in [3.8, 4) is 0 Å². The van der Waals surface area contributed by atoms with E-state index < -0.39 is 0 Å². The summed E-state index contributed by atoms with van der Waals surface area (Å²) in [5, 5.41) is 3.31. The molecule has 1 aliphatic heterocycles. The van der Waals surface area contributed by atoms with Crippen molar-refractivity contribution in [2.75, 3.05) is 39.8 Å². The Morgan fingerprint density at radius 2 is 2.31 bits per heavy atom. The quantitative estimate of drug-likeness (QED) is 0.697. The first-order valence-corrected chi connectivity index (χ1v) is 6.24. The molecule has 1 N–H and O–H groups in total. The van der Waals surface area contributed by atoms with Gasteiger partial charge in [-0.2, -0.15) is 0 Å². The summed E-state index contributed by atoms with van der Waals surface area (Å²) in [5.41, 5.74) is 1.30. The molecule has 0 saturated carbocycles. The zero-order valence-corrected chi connectivity index (χ0v) is 11.0. The Morgan fingerprint density at radius 3 is 2.94 bits per heavy atom. The molecule has 1 atom stereocenters. The minimum Gasteiger partial charge on any atom is -0.377 e. The van der Waals surface area contributed by atoms with Crippen molar-refractivity contribution in [1.29, 1.82) is 0 Å². The number of piperidine rings is 1. The lowest BCUT2D eigenvalue weighted by molar-refractivity contribution is -0.0484. The number of rotatable bonds is 6. The minimum atomic E-state index is 0.0384. The number of methoxy groups -OCH3 is 1. The van der Waals surface area contributed by atoms with Crippen LogP contribution in [-0.4, -0.2) is 50.3 Å². The molecule has 1 unspecified atom stereocenters. The molecule has 3 heteroatoms. The summed E-state index contributed by atoms with van der Waals surface area (Å²) in [6, 6.07) is 0. The summed E-state index contributed by atoms with van der Waals surface area (Å²) in [6.45, 7) is 13.6. The predicted octanol–water partition coefficient (Wildman–Crippen LogP) is 1.65. The molecule has 1 fully saturated rings. The van der Waals surface area contributed by atoms with Gasteiger partial charge in [-0.05, 0) is 38.4 Å². The van der Waals surface area contributed by atoms with Gasteiger partial charge in [0.05, 0.1) is 5.60 Å². The molecule has 0 bridgehead atoms. The van der Waals surface area contributed by atoms with E-state index in [1.807, 2.05) is 7.11 Å². The molecule has 0 aliphatic carbocycles. The average molecular weight is 226 g/mol. The van der Waals surface area contributed by atoms with E-state index in [1.165, 1.54) is 25.0 Å². The number of nitrogens with zero attached hydrogens (tertiary/aromatic N) is 1. The van der Waals surface area contributed by atoms with Gasteiger partial charge >= 0.3 is 0 Å². The van der Waals surface area contributed by atoms with Crippen molar-refractivity contribution in [3.63, 3.8) is 0 Å². The van der Waals surface area contributed by atoms with E-state index in [0.717, 1.165) is 26.2 Å². The third-order valence-electron chi connectivity index (χ3n) is 3.30. The minimum absolute atomic E-state index is 0.0384. The Labute approximate surface area is 99.8 Å². The Balaban J connectivity index is 2.34. The molecule has 1 heterocycles. The van der Waals surface area contributed by atoms with Gasteiger partial charge < -0.3 is 10.1 Å². The second-order valence-corrected chi connectivity index (χ2v) is 5.00. The van der Waals surface area contributed by atoms with Gasteiger partial charge in [-0.15, -0.1) is 0 Å². The molecule has 3 nitrogen and oxygen atoms in total. The monoisotopic (exact) mass is 226 g/mol. The van der Waals surface area contributed by atoms with Gasteiger partial charge in [0.2, 0.25) is 0 Å². The maximum atomic E-state index is 5.58. The number of nitrogens with one attached hydrogen (secondary N) is 1. The number of hydrogen-bond donors (Lipinski definition) is 1. The van der Waals surface area contributed by atoms with Crippen LogP contribution in [0.25, 0.3) is 0 Å². The van der Waals surface area contributed by atoms with Crippen molar-refractivity contribution in [3.05, 3.63) is 12.2 Å². The standard InChI is InChI=1S/C13H26N2O/c1-5-14-9-12(2)10-15-8-6-7-13(3,11-15)16-4/h14H,2,5-11H2,1,3-4H3. The van der Waals surface area contributed by atoms with Crippen LogP contribution in [-0.2, 0) is 4.74 Å². The zero-order chi connectivity index (χ0) is 12.0. The molecule has 1 saturated heterocycles. The van der Waals surface area contributed by atoms with Crippen LogP contribution in [0.1, 0.15) is 26.7 Å². The van der Waals surface area contributed by atoms with Gasteiger partial charge in [-0.25, -0.2) is 0 Å². The maximum Gasteiger partial charge on any atom is 0.0777 e. The lowest BCUT2D eigenvalue weighted by Gasteiger charge is -2.39. The molecule has 16 heavy (non-hydrogen) atoms. The van der Waals surface area contributed by atoms with Crippen LogP contribution in [0, 0.1) is 0 Å². The first kappa shape index (κ1) is 13.7. The topological polar surface area (TPSA) is 24.5 Å². The smallest absolute Gasteiger partial charge is 0.0777 e. The highest BCUT2D eigenvalue weighted by Gasteiger charge is 2.30. The lowest BCUT2D eigenvalue weighted by atomic mass is 9.94. The van der Waals surface area contributed by atoms with E-state index in [-0.39, 0.29) is 5.60 Å². The van der Waals surface area contributed by atoms with Gasteiger partial charge in [0.25, 0.3) is 0 Å². The molecule has 0 aromatic rings. The second kappa shape index (κ2) is 6.38. The number of likely N-dealkylation sites (tertiary alicyclic amines) is 1. The summed E-state index contributed by atoms with van der Waals surface area (Å²) < 4.78 is 5.58. The Morgan fingerprint density at radius 1 is 1.56 bits per heavy atom. The molecule has 1 aliphatic rings. The third kappa shape index (κ3) is 4.24. The van der Waals surface area contributed by atoms with Crippen LogP contribution in [0.2, 0.25) is 0 Å². The molecule has 0 aromatic heterocycles. The maximum absolute atomic E-state index is 5.58. The van der Waals surface area contributed by atoms with Crippen LogP contribution in [0.15, 0.2) is 12.2 Å². The molecular weight excluding hydrogens is 200 g/mol. The van der Waals surface area contributed by atoms with Crippen LogP contribution >= 0.6 is 0 Å². The number of ether oxygens (including phenoxy) is 1. The fourth-order valence-corrected chi connectivity index (χ4v) is 2.28. The average Bonchev–Trinajstić information content (AvgIpc) is 2.26.